The van der Waals surface area contributed by atoms with Crippen LogP contribution in [0.2, 0.25) is 0 Å². The van der Waals surface area contributed by atoms with Crippen LogP contribution in [-0.2, 0) is 12.4 Å². The third kappa shape index (κ3) is 4.36. The standard InChI is InChI=1S/C19H11F6NOS/c20-18(21,22)12-7-4-8-13(9-12)26-17(27)15-10-14(11-5-2-1-3-6-11)16(28-15)19(23,24)25/h1-10H,(H,26,27). The van der Waals surface area contributed by atoms with Crippen molar-refractivity contribution >= 4 is 22.9 Å². The second kappa shape index (κ2) is 7.31. The van der Waals surface area contributed by atoms with Crippen LogP contribution < -0.4 is 5.32 Å². The SMILES string of the molecule is O=C(Nc1cccc(C(F)(F)F)c1)c1cc(-c2ccccc2)c(C(F)(F)F)s1. The Bertz CT molecular complexity index is 992. The molecule has 0 spiro atoms. The summed E-state index contributed by atoms with van der Waals surface area (Å²) in [7, 11) is 0. The van der Waals surface area contributed by atoms with E-state index in [2.05, 4.69) is 5.32 Å². The summed E-state index contributed by atoms with van der Waals surface area (Å²) < 4.78 is 78.4. The summed E-state index contributed by atoms with van der Waals surface area (Å²) in [6, 6.07) is 12.7. The largest absolute Gasteiger partial charge is 0.426 e. The van der Waals surface area contributed by atoms with Crippen LogP contribution >= 0.6 is 11.3 Å². The molecular formula is C19H11F6NOS. The van der Waals surface area contributed by atoms with Gasteiger partial charge in [0.15, 0.2) is 0 Å². The van der Waals surface area contributed by atoms with Crippen LogP contribution in [0.5, 0.6) is 0 Å². The van der Waals surface area contributed by atoms with Gasteiger partial charge in [-0.1, -0.05) is 36.4 Å². The average molecular weight is 415 g/mol. The Morgan fingerprint density at radius 1 is 0.821 bits per heavy atom. The van der Waals surface area contributed by atoms with E-state index in [1.807, 2.05) is 0 Å². The molecule has 2 aromatic carbocycles. The van der Waals surface area contributed by atoms with Crippen LogP contribution in [0.4, 0.5) is 32.0 Å². The fourth-order valence-corrected chi connectivity index (χ4v) is 3.45. The van der Waals surface area contributed by atoms with E-state index in [-0.39, 0.29) is 33.0 Å². The molecule has 2 nitrogen and oxygen atoms in total. The smallest absolute Gasteiger partial charge is 0.321 e. The Labute approximate surface area is 159 Å². The van der Waals surface area contributed by atoms with Crippen LogP contribution in [-0.4, -0.2) is 5.91 Å². The fourth-order valence-electron chi connectivity index (χ4n) is 2.51. The van der Waals surface area contributed by atoms with Gasteiger partial charge in [-0.3, -0.25) is 4.79 Å². The maximum atomic E-state index is 13.4. The molecule has 1 aromatic heterocycles. The first-order valence-corrected chi connectivity index (χ1v) is 8.62. The molecule has 1 heterocycles. The number of nitrogens with one attached hydrogen (secondary N) is 1. The van der Waals surface area contributed by atoms with Gasteiger partial charge in [0, 0.05) is 11.3 Å². The highest BCUT2D eigenvalue weighted by atomic mass is 32.1. The van der Waals surface area contributed by atoms with Gasteiger partial charge in [0.2, 0.25) is 0 Å². The summed E-state index contributed by atoms with van der Waals surface area (Å²) in [4.78, 5) is 11.1. The number of carbonyl (C=O) groups excluding carboxylic acids is 1. The van der Waals surface area contributed by atoms with Gasteiger partial charge >= 0.3 is 12.4 Å². The maximum absolute atomic E-state index is 13.4. The van der Waals surface area contributed by atoms with Gasteiger partial charge in [-0.15, -0.1) is 11.3 Å². The molecule has 0 aliphatic rings. The van der Waals surface area contributed by atoms with Crippen LogP contribution in [0.25, 0.3) is 11.1 Å². The van der Waals surface area contributed by atoms with Gasteiger partial charge in [0.1, 0.15) is 4.88 Å². The van der Waals surface area contributed by atoms with Crippen molar-refractivity contribution in [1.82, 2.24) is 0 Å². The predicted molar refractivity (Wildman–Crippen MR) is 94.2 cm³/mol. The molecule has 3 aromatic rings. The molecule has 0 bridgehead atoms. The predicted octanol–water partition coefficient (Wildman–Crippen LogP) is 6.71. The van der Waals surface area contributed by atoms with Crippen molar-refractivity contribution in [1.29, 1.82) is 0 Å². The molecule has 0 saturated carbocycles. The van der Waals surface area contributed by atoms with Crippen molar-refractivity contribution in [3.05, 3.63) is 76.0 Å². The topological polar surface area (TPSA) is 29.1 Å². The second-order valence-electron chi connectivity index (χ2n) is 5.75. The van der Waals surface area contributed by atoms with E-state index >= 15 is 0 Å². The van der Waals surface area contributed by atoms with Crippen LogP contribution in [0.3, 0.4) is 0 Å². The third-order valence-electron chi connectivity index (χ3n) is 3.75. The van der Waals surface area contributed by atoms with Gasteiger partial charge in [0.05, 0.1) is 10.4 Å². The molecule has 3 rings (SSSR count). The Morgan fingerprint density at radius 2 is 1.50 bits per heavy atom. The van der Waals surface area contributed by atoms with Gasteiger partial charge in [-0.25, -0.2) is 0 Å². The summed E-state index contributed by atoms with van der Waals surface area (Å²) in [6.07, 6.45) is -9.28. The molecule has 9 heteroatoms. The zero-order valence-electron chi connectivity index (χ0n) is 13.9. The number of carbonyl (C=O) groups is 1. The first kappa shape index (κ1) is 19.9. The molecule has 28 heavy (non-hydrogen) atoms. The van der Waals surface area contributed by atoms with E-state index in [1.165, 1.54) is 18.2 Å². The minimum atomic E-state index is -4.68. The number of thiophene rings is 1. The van der Waals surface area contributed by atoms with Gasteiger partial charge in [-0.2, -0.15) is 26.3 Å². The van der Waals surface area contributed by atoms with Crippen molar-refractivity contribution < 1.29 is 31.1 Å². The summed E-state index contributed by atoms with van der Waals surface area (Å²) in [5.41, 5.74) is -1.02. The number of anilines is 1. The average Bonchev–Trinajstić information content (AvgIpc) is 3.08. The molecule has 0 atom stereocenters. The Morgan fingerprint density at radius 3 is 2.11 bits per heavy atom. The summed E-state index contributed by atoms with van der Waals surface area (Å²) in [6.45, 7) is 0. The van der Waals surface area contributed by atoms with Crippen molar-refractivity contribution in [2.24, 2.45) is 0 Å². The molecule has 1 amide bonds. The van der Waals surface area contributed by atoms with Gasteiger partial charge in [0.25, 0.3) is 5.91 Å². The number of alkyl halides is 6. The van der Waals surface area contributed by atoms with E-state index in [0.717, 1.165) is 18.2 Å². The Balaban J connectivity index is 1.94. The summed E-state index contributed by atoms with van der Waals surface area (Å²) >= 11 is 0.239. The quantitative estimate of drug-likeness (QED) is 0.474. The molecular weight excluding hydrogens is 404 g/mol. The molecule has 146 valence electrons. The number of benzene rings is 2. The van der Waals surface area contributed by atoms with Gasteiger partial charge < -0.3 is 5.32 Å². The highest BCUT2D eigenvalue weighted by Gasteiger charge is 2.37. The minimum Gasteiger partial charge on any atom is -0.321 e. The third-order valence-corrected chi connectivity index (χ3v) is 4.92. The van der Waals surface area contributed by atoms with E-state index < -0.39 is 28.7 Å². The first-order valence-electron chi connectivity index (χ1n) is 7.81. The molecule has 0 saturated heterocycles. The normalized spacial score (nSPS) is 12.1. The summed E-state index contributed by atoms with van der Waals surface area (Å²) in [5.74, 6) is -0.919. The lowest BCUT2D eigenvalue weighted by Gasteiger charge is -2.09. The lowest BCUT2D eigenvalue weighted by Crippen LogP contribution is -2.12. The molecule has 0 aliphatic carbocycles. The number of hydrogen-bond acceptors (Lipinski definition) is 2. The number of amides is 1. The molecule has 0 aliphatic heterocycles. The number of halogens is 6. The van der Waals surface area contributed by atoms with Crippen LogP contribution in [0, 0.1) is 0 Å². The highest BCUT2D eigenvalue weighted by Crippen LogP contribution is 2.43. The minimum absolute atomic E-state index is 0.160. The zero-order chi connectivity index (χ0) is 20.5. The molecule has 0 radical (unpaired) electrons. The fraction of sp³-hybridized carbons (Fsp3) is 0.105. The Hall–Kier alpha value is -2.81. The molecule has 0 fully saturated rings. The molecule has 1 N–H and O–H groups in total. The van der Waals surface area contributed by atoms with Crippen molar-refractivity contribution in [3.63, 3.8) is 0 Å². The van der Waals surface area contributed by atoms with Gasteiger partial charge in [-0.05, 0) is 29.8 Å². The van der Waals surface area contributed by atoms with E-state index in [1.54, 1.807) is 18.2 Å². The zero-order valence-corrected chi connectivity index (χ0v) is 14.7. The van der Waals surface area contributed by atoms with Crippen LogP contribution in [0.1, 0.15) is 20.1 Å². The lowest BCUT2D eigenvalue weighted by molar-refractivity contribution is -0.137. The summed E-state index contributed by atoms with van der Waals surface area (Å²) in [5, 5.41) is 2.22. The molecule has 0 unspecified atom stereocenters. The lowest BCUT2D eigenvalue weighted by atomic mass is 10.1. The van der Waals surface area contributed by atoms with E-state index in [0.29, 0.717) is 6.07 Å². The van der Waals surface area contributed by atoms with Crippen LogP contribution in [0.15, 0.2) is 60.7 Å². The van der Waals surface area contributed by atoms with Crippen molar-refractivity contribution in [3.8, 4) is 11.1 Å². The van der Waals surface area contributed by atoms with Crippen molar-refractivity contribution in [2.75, 3.05) is 5.32 Å². The van der Waals surface area contributed by atoms with E-state index in [4.69, 9.17) is 0 Å². The number of hydrogen-bond donors (Lipinski definition) is 1. The highest BCUT2D eigenvalue weighted by molar-refractivity contribution is 7.14. The monoisotopic (exact) mass is 415 g/mol. The Kier molecular flexibility index (Phi) is 5.20. The number of rotatable bonds is 3. The second-order valence-corrected chi connectivity index (χ2v) is 6.80. The van der Waals surface area contributed by atoms with Crippen molar-refractivity contribution in [2.45, 2.75) is 12.4 Å². The first-order chi connectivity index (χ1) is 13.1. The maximum Gasteiger partial charge on any atom is 0.426 e. The van der Waals surface area contributed by atoms with E-state index in [9.17, 15) is 31.1 Å².